The van der Waals surface area contributed by atoms with Crippen molar-refractivity contribution in [2.75, 3.05) is 32.9 Å². The van der Waals surface area contributed by atoms with E-state index >= 15 is 0 Å². The van der Waals surface area contributed by atoms with Crippen LogP contribution in [0, 0.1) is 5.41 Å². The Morgan fingerprint density at radius 3 is 1.73 bits per heavy atom. The number of hydrogen-bond donors (Lipinski definition) is 1. The highest BCUT2D eigenvalue weighted by atomic mass is 16.5. The molecule has 0 saturated heterocycles. The van der Waals surface area contributed by atoms with Crippen molar-refractivity contribution >= 4 is 11.9 Å². The van der Waals surface area contributed by atoms with Crippen LogP contribution in [0.1, 0.15) is 99.3 Å². The number of rotatable bonds is 16. The van der Waals surface area contributed by atoms with Gasteiger partial charge in [0.1, 0.15) is 0 Å². The maximum Gasteiger partial charge on any atom is 0.307 e. The van der Waals surface area contributed by atoms with Crippen LogP contribution in [-0.4, -0.2) is 60.4 Å². The summed E-state index contributed by atoms with van der Waals surface area (Å²) in [7, 11) is 0. The molecule has 0 aliphatic rings. The minimum atomic E-state index is -0.154. The third kappa shape index (κ3) is 17.7. The fraction of sp³-hybridized carbons (Fsp3) is 0.917. The summed E-state index contributed by atoms with van der Waals surface area (Å²) in [5, 5.41) is 8.95. The van der Waals surface area contributed by atoms with Gasteiger partial charge in [0.15, 0.2) is 0 Å². The van der Waals surface area contributed by atoms with Gasteiger partial charge in [-0.1, -0.05) is 20.8 Å². The Bertz CT molecular complexity index is 465. The third-order valence-electron chi connectivity index (χ3n) is 5.01. The first-order chi connectivity index (χ1) is 14.0. The molecule has 0 radical (unpaired) electrons. The maximum absolute atomic E-state index is 12.0. The summed E-state index contributed by atoms with van der Waals surface area (Å²) in [6.45, 7) is 15.4. The molecule has 0 aromatic carbocycles. The highest BCUT2D eigenvalue weighted by Crippen LogP contribution is 2.20. The average molecular weight is 430 g/mol. The molecule has 6 nitrogen and oxygen atoms in total. The number of unbranched alkanes of at least 4 members (excludes halogenated alkanes) is 4. The van der Waals surface area contributed by atoms with E-state index in [9.17, 15) is 9.59 Å². The van der Waals surface area contributed by atoms with E-state index in [1.54, 1.807) is 0 Å². The summed E-state index contributed by atoms with van der Waals surface area (Å²) in [6, 6.07) is 0. The van der Waals surface area contributed by atoms with Gasteiger partial charge in [-0.15, -0.1) is 0 Å². The van der Waals surface area contributed by atoms with Gasteiger partial charge in [0.25, 0.3) is 0 Å². The molecule has 0 fully saturated rings. The monoisotopic (exact) mass is 429 g/mol. The zero-order valence-electron chi connectivity index (χ0n) is 20.4. The number of ether oxygens (including phenoxy) is 2. The van der Waals surface area contributed by atoms with Gasteiger partial charge in [-0.2, -0.15) is 0 Å². The molecule has 0 aliphatic carbocycles. The standard InChI is InChI=1S/C24H47NO5/c1-23(2,3)15-13-21(27)29-19-11-7-8-12-20-30-22(28)14-17-25(24(4,5)6)16-9-10-18-26/h26H,7-20H2,1-6H3. The lowest BCUT2D eigenvalue weighted by molar-refractivity contribution is -0.145. The Morgan fingerprint density at radius 2 is 1.27 bits per heavy atom. The molecule has 178 valence electrons. The van der Waals surface area contributed by atoms with E-state index in [2.05, 4.69) is 46.4 Å². The quantitative estimate of drug-likeness (QED) is 0.282. The van der Waals surface area contributed by atoms with Gasteiger partial charge in [0, 0.05) is 25.1 Å². The minimum absolute atomic E-state index is 0.00800. The van der Waals surface area contributed by atoms with Crippen LogP contribution in [0.4, 0.5) is 0 Å². The fourth-order valence-electron chi connectivity index (χ4n) is 2.97. The summed E-state index contributed by atoms with van der Waals surface area (Å²) >= 11 is 0. The normalized spacial score (nSPS) is 12.3. The van der Waals surface area contributed by atoms with Crippen LogP contribution in [-0.2, 0) is 19.1 Å². The Balaban J connectivity index is 3.74. The molecule has 0 spiro atoms. The van der Waals surface area contributed by atoms with E-state index in [1.165, 1.54) is 0 Å². The van der Waals surface area contributed by atoms with Crippen LogP contribution in [0.15, 0.2) is 0 Å². The van der Waals surface area contributed by atoms with Crippen LogP contribution in [0.5, 0.6) is 0 Å². The molecular weight excluding hydrogens is 382 g/mol. The van der Waals surface area contributed by atoms with E-state index in [-0.39, 0.29) is 29.5 Å². The van der Waals surface area contributed by atoms with Gasteiger partial charge >= 0.3 is 11.9 Å². The van der Waals surface area contributed by atoms with Gasteiger partial charge in [-0.05, 0) is 77.7 Å². The minimum Gasteiger partial charge on any atom is -0.466 e. The summed E-state index contributed by atoms with van der Waals surface area (Å²) in [5.41, 5.74) is 0.146. The number of aliphatic hydroxyl groups excluding tert-OH is 1. The number of carbonyl (C=O) groups excluding carboxylic acids is 2. The molecule has 0 atom stereocenters. The van der Waals surface area contributed by atoms with Crippen molar-refractivity contribution in [2.24, 2.45) is 5.41 Å². The molecular formula is C24H47NO5. The van der Waals surface area contributed by atoms with Crippen LogP contribution in [0.25, 0.3) is 0 Å². The molecule has 6 heteroatoms. The van der Waals surface area contributed by atoms with Crippen molar-refractivity contribution in [3.8, 4) is 0 Å². The molecule has 0 bridgehead atoms. The first-order valence-electron chi connectivity index (χ1n) is 11.6. The van der Waals surface area contributed by atoms with Gasteiger partial charge in [0.05, 0.1) is 19.6 Å². The van der Waals surface area contributed by atoms with E-state index in [0.717, 1.165) is 51.5 Å². The van der Waals surface area contributed by atoms with Gasteiger partial charge < -0.3 is 14.6 Å². The van der Waals surface area contributed by atoms with Gasteiger partial charge in [0.2, 0.25) is 0 Å². The predicted molar refractivity (Wildman–Crippen MR) is 121 cm³/mol. The molecule has 0 aromatic heterocycles. The fourth-order valence-corrected chi connectivity index (χ4v) is 2.97. The molecule has 0 unspecified atom stereocenters. The molecule has 0 heterocycles. The summed E-state index contributed by atoms with van der Waals surface area (Å²) in [4.78, 5) is 25.9. The maximum atomic E-state index is 12.0. The highest BCUT2D eigenvalue weighted by molar-refractivity contribution is 5.69. The molecule has 0 amide bonds. The zero-order valence-corrected chi connectivity index (χ0v) is 20.4. The molecule has 1 N–H and O–H groups in total. The largest absolute Gasteiger partial charge is 0.466 e. The van der Waals surface area contributed by atoms with Crippen molar-refractivity contribution in [1.29, 1.82) is 0 Å². The Hall–Kier alpha value is -1.14. The summed E-state index contributed by atoms with van der Waals surface area (Å²) in [6.07, 6.45) is 7.03. The summed E-state index contributed by atoms with van der Waals surface area (Å²) in [5.74, 6) is -0.265. The molecule has 0 aromatic rings. The lowest BCUT2D eigenvalue weighted by Crippen LogP contribution is -2.43. The Morgan fingerprint density at radius 1 is 0.733 bits per heavy atom. The second kappa shape index (κ2) is 15.6. The topological polar surface area (TPSA) is 76.1 Å². The van der Waals surface area contributed by atoms with Gasteiger partial charge in [-0.25, -0.2) is 0 Å². The molecule has 30 heavy (non-hydrogen) atoms. The second-order valence-electron chi connectivity index (χ2n) is 10.3. The number of aliphatic hydroxyl groups is 1. The Labute approximate surface area is 184 Å². The van der Waals surface area contributed by atoms with Crippen molar-refractivity contribution in [3.05, 3.63) is 0 Å². The lowest BCUT2D eigenvalue weighted by Gasteiger charge is -2.35. The average Bonchev–Trinajstić information content (AvgIpc) is 2.63. The number of nitrogens with zero attached hydrogens (tertiary/aromatic N) is 1. The zero-order chi connectivity index (χ0) is 23.0. The lowest BCUT2D eigenvalue weighted by atomic mass is 9.91. The van der Waals surface area contributed by atoms with E-state index in [0.29, 0.717) is 32.6 Å². The van der Waals surface area contributed by atoms with Crippen LogP contribution >= 0.6 is 0 Å². The first-order valence-corrected chi connectivity index (χ1v) is 11.6. The van der Waals surface area contributed by atoms with Gasteiger partial charge in [-0.3, -0.25) is 14.5 Å². The predicted octanol–water partition coefficient (Wildman–Crippen LogP) is 4.72. The SMILES string of the molecule is CC(C)(C)CCC(=O)OCCCCCCOC(=O)CCN(CCCCO)C(C)(C)C. The third-order valence-corrected chi connectivity index (χ3v) is 5.01. The van der Waals surface area contributed by atoms with E-state index < -0.39 is 0 Å². The summed E-state index contributed by atoms with van der Waals surface area (Å²) < 4.78 is 10.6. The second-order valence-corrected chi connectivity index (χ2v) is 10.3. The Kier molecular flexibility index (Phi) is 15.0. The van der Waals surface area contributed by atoms with Crippen LogP contribution in [0.3, 0.4) is 0 Å². The number of hydrogen-bond acceptors (Lipinski definition) is 6. The van der Waals surface area contributed by atoms with Crippen molar-refractivity contribution < 1.29 is 24.2 Å². The van der Waals surface area contributed by atoms with Crippen LogP contribution in [0.2, 0.25) is 0 Å². The molecule has 0 aliphatic heterocycles. The number of carbonyl (C=O) groups is 2. The first kappa shape index (κ1) is 28.9. The van der Waals surface area contributed by atoms with Crippen molar-refractivity contribution in [2.45, 2.75) is 105 Å². The molecule has 0 rings (SSSR count). The van der Waals surface area contributed by atoms with Crippen LogP contribution < -0.4 is 0 Å². The van der Waals surface area contributed by atoms with Crippen molar-refractivity contribution in [1.82, 2.24) is 4.90 Å². The van der Waals surface area contributed by atoms with Crippen molar-refractivity contribution in [3.63, 3.8) is 0 Å². The molecule has 0 saturated carbocycles. The number of esters is 2. The highest BCUT2D eigenvalue weighted by Gasteiger charge is 2.21. The van der Waals surface area contributed by atoms with E-state index in [1.807, 2.05) is 0 Å². The van der Waals surface area contributed by atoms with E-state index in [4.69, 9.17) is 14.6 Å². The smallest absolute Gasteiger partial charge is 0.307 e.